The topological polar surface area (TPSA) is 118 Å². The number of fused-ring (bicyclic) bond motifs is 2. The summed E-state index contributed by atoms with van der Waals surface area (Å²) < 4.78 is 6.89. The van der Waals surface area contributed by atoms with E-state index in [1.807, 2.05) is 6.07 Å². The van der Waals surface area contributed by atoms with E-state index >= 15 is 0 Å². The van der Waals surface area contributed by atoms with E-state index in [9.17, 15) is 4.79 Å². The lowest BCUT2D eigenvalue weighted by atomic mass is 9.83. The highest BCUT2D eigenvalue weighted by Gasteiger charge is 2.52. The first-order chi connectivity index (χ1) is 16.0. The number of furan rings is 1. The lowest BCUT2D eigenvalue weighted by molar-refractivity contribution is -0.0139. The predicted molar refractivity (Wildman–Crippen MR) is 123 cm³/mol. The lowest BCUT2D eigenvalue weighted by Gasteiger charge is -2.64. The van der Waals surface area contributed by atoms with Crippen molar-refractivity contribution in [3.63, 3.8) is 0 Å². The van der Waals surface area contributed by atoms with Crippen LogP contribution in [0.3, 0.4) is 0 Å². The molecule has 0 aliphatic carbocycles. The van der Waals surface area contributed by atoms with Crippen LogP contribution in [-0.4, -0.2) is 61.6 Å². The summed E-state index contributed by atoms with van der Waals surface area (Å²) in [6.07, 6.45) is 4.59. The number of carbonyl (C=O) groups is 1. The predicted octanol–water partition coefficient (Wildman–Crippen LogP) is 2.51. The summed E-state index contributed by atoms with van der Waals surface area (Å²) >= 11 is 0. The van der Waals surface area contributed by atoms with Crippen LogP contribution in [-0.2, 0) is 0 Å². The van der Waals surface area contributed by atoms with Crippen molar-refractivity contribution in [3.05, 3.63) is 54.9 Å². The zero-order valence-electron chi connectivity index (χ0n) is 18.3. The Morgan fingerprint density at radius 1 is 1.21 bits per heavy atom. The Labute approximate surface area is 190 Å². The molecule has 2 fully saturated rings. The van der Waals surface area contributed by atoms with Gasteiger partial charge in [-0.25, -0.2) is 14.5 Å². The van der Waals surface area contributed by atoms with Gasteiger partial charge < -0.3 is 20.4 Å². The number of hydrogen-bond donors (Lipinski definition) is 2. The molecule has 10 heteroatoms. The average Bonchev–Trinajstić information content (AvgIpc) is 3.46. The molecule has 0 bridgehead atoms. The van der Waals surface area contributed by atoms with Gasteiger partial charge in [0, 0.05) is 42.1 Å². The van der Waals surface area contributed by atoms with Gasteiger partial charge in [-0.05, 0) is 38.1 Å². The maximum atomic E-state index is 11.4. The van der Waals surface area contributed by atoms with Crippen LogP contribution in [0.2, 0.25) is 0 Å². The number of nitrogens with zero attached hydrogens (tertiary/aromatic N) is 6. The van der Waals surface area contributed by atoms with Gasteiger partial charge in [-0.1, -0.05) is 6.07 Å². The number of rotatable bonds is 6. The van der Waals surface area contributed by atoms with Gasteiger partial charge in [0.1, 0.15) is 12.6 Å². The maximum absolute atomic E-state index is 11.4. The molecule has 0 radical (unpaired) electrons. The van der Waals surface area contributed by atoms with Gasteiger partial charge in [0.05, 0.1) is 17.9 Å². The van der Waals surface area contributed by atoms with Gasteiger partial charge in [-0.15, -0.1) is 0 Å². The summed E-state index contributed by atoms with van der Waals surface area (Å²) in [4.78, 5) is 25.3. The molecular weight excluding hydrogens is 420 g/mol. The number of anilines is 3. The molecule has 10 nitrogen and oxygen atoms in total. The monoisotopic (exact) mass is 444 g/mol. The van der Waals surface area contributed by atoms with E-state index in [1.54, 1.807) is 16.8 Å². The molecule has 2 atom stereocenters. The molecule has 2 saturated heterocycles. The minimum Gasteiger partial charge on any atom is -0.458 e. The van der Waals surface area contributed by atoms with E-state index in [0.29, 0.717) is 40.8 Å². The molecule has 0 spiro atoms. The van der Waals surface area contributed by atoms with Crippen LogP contribution < -0.4 is 16.0 Å². The third-order valence-corrected chi connectivity index (χ3v) is 6.60. The van der Waals surface area contributed by atoms with Gasteiger partial charge in [-0.2, -0.15) is 5.10 Å². The molecule has 3 aromatic heterocycles. The second kappa shape index (κ2) is 7.31. The minimum absolute atomic E-state index is 0.0773. The van der Waals surface area contributed by atoms with Crippen LogP contribution >= 0.6 is 0 Å². The molecule has 2 aliphatic heterocycles. The van der Waals surface area contributed by atoms with Gasteiger partial charge in [0.25, 0.3) is 5.91 Å². The molecular formula is C23H24N8O2. The van der Waals surface area contributed by atoms with Crippen LogP contribution in [0.5, 0.6) is 0 Å². The van der Waals surface area contributed by atoms with Crippen LogP contribution in [0.1, 0.15) is 24.4 Å². The van der Waals surface area contributed by atoms with Crippen molar-refractivity contribution in [2.75, 3.05) is 23.3 Å². The van der Waals surface area contributed by atoms with E-state index in [-0.39, 0.29) is 5.76 Å². The van der Waals surface area contributed by atoms with Crippen LogP contribution in [0.25, 0.3) is 16.9 Å². The number of carbonyl (C=O) groups excluding carboxylic acids is 1. The summed E-state index contributed by atoms with van der Waals surface area (Å²) in [5.74, 6) is 0.0335. The SMILES string of the molecule is CC(C)N1CC2C1CN2c1cccc(Nc2ncc(-c3coc(C(N)=O)c3)n3ncnc23)c1. The summed E-state index contributed by atoms with van der Waals surface area (Å²) in [5.41, 5.74) is 9.28. The zero-order valence-corrected chi connectivity index (χ0v) is 18.3. The first-order valence-electron chi connectivity index (χ1n) is 11.0. The Morgan fingerprint density at radius 2 is 2.09 bits per heavy atom. The number of likely N-dealkylation sites (tertiary alicyclic amines) is 1. The van der Waals surface area contributed by atoms with Crippen molar-refractivity contribution in [1.82, 2.24) is 24.5 Å². The molecule has 2 unspecified atom stereocenters. The van der Waals surface area contributed by atoms with Crippen molar-refractivity contribution in [2.24, 2.45) is 5.73 Å². The molecule has 5 heterocycles. The fraction of sp³-hybridized carbons (Fsp3) is 0.304. The summed E-state index contributed by atoms with van der Waals surface area (Å²) in [5, 5.41) is 7.70. The van der Waals surface area contributed by atoms with Crippen molar-refractivity contribution in [1.29, 1.82) is 0 Å². The highest BCUT2D eigenvalue weighted by molar-refractivity contribution is 5.91. The minimum atomic E-state index is -0.630. The van der Waals surface area contributed by atoms with E-state index in [1.165, 1.54) is 18.3 Å². The largest absolute Gasteiger partial charge is 0.458 e. The fourth-order valence-electron chi connectivity index (χ4n) is 4.78. The Hall–Kier alpha value is -3.92. The van der Waals surface area contributed by atoms with Gasteiger partial charge in [0.2, 0.25) is 0 Å². The summed E-state index contributed by atoms with van der Waals surface area (Å²) in [6, 6.07) is 11.8. The molecule has 3 N–H and O–H groups in total. The second-order valence-electron chi connectivity index (χ2n) is 8.80. The number of amides is 1. The highest BCUT2D eigenvalue weighted by atomic mass is 16.3. The van der Waals surface area contributed by atoms with E-state index in [4.69, 9.17) is 10.2 Å². The van der Waals surface area contributed by atoms with E-state index in [0.717, 1.165) is 18.8 Å². The van der Waals surface area contributed by atoms with E-state index in [2.05, 4.69) is 62.2 Å². The Morgan fingerprint density at radius 3 is 2.82 bits per heavy atom. The van der Waals surface area contributed by atoms with Gasteiger partial charge in [0.15, 0.2) is 17.2 Å². The number of nitrogens with two attached hydrogens (primary N) is 1. The number of benzene rings is 1. The molecule has 33 heavy (non-hydrogen) atoms. The third kappa shape index (κ3) is 3.13. The highest BCUT2D eigenvalue weighted by Crippen LogP contribution is 2.39. The molecule has 4 aromatic rings. The number of nitrogens with one attached hydrogen (secondary N) is 1. The summed E-state index contributed by atoms with van der Waals surface area (Å²) in [7, 11) is 0. The first kappa shape index (κ1) is 19.7. The number of hydrogen-bond acceptors (Lipinski definition) is 8. The van der Waals surface area contributed by atoms with Gasteiger partial charge in [-0.3, -0.25) is 9.69 Å². The number of aromatic nitrogens is 4. The lowest BCUT2D eigenvalue weighted by Crippen LogP contribution is -2.80. The fourth-order valence-corrected chi connectivity index (χ4v) is 4.78. The van der Waals surface area contributed by atoms with Crippen LogP contribution in [0.15, 0.2) is 53.5 Å². The Bertz CT molecular complexity index is 1360. The second-order valence-corrected chi connectivity index (χ2v) is 8.80. The first-order valence-corrected chi connectivity index (χ1v) is 11.0. The Kier molecular flexibility index (Phi) is 4.37. The van der Waals surface area contributed by atoms with E-state index < -0.39 is 5.91 Å². The van der Waals surface area contributed by atoms with Gasteiger partial charge >= 0.3 is 0 Å². The normalized spacial score (nSPS) is 19.9. The molecule has 168 valence electrons. The standard InChI is InChI=1S/C23H24N8O2/c1-13(2)29-9-19-18(29)10-30(19)16-5-3-4-15(7-16)28-22-23-26-12-27-31(23)17(8-25-22)14-6-20(21(24)32)33-11-14/h3-8,11-13,18-19H,9-10H2,1-2H3,(H2,24,32)(H,25,28). The van der Waals surface area contributed by atoms with Crippen LogP contribution in [0, 0.1) is 0 Å². The number of primary amides is 1. The van der Waals surface area contributed by atoms with Crippen molar-refractivity contribution in [2.45, 2.75) is 32.0 Å². The maximum Gasteiger partial charge on any atom is 0.284 e. The molecule has 6 rings (SSSR count). The smallest absolute Gasteiger partial charge is 0.284 e. The quantitative estimate of drug-likeness (QED) is 0.466. The summed E-state index contributed by atoms with van der Waals surface area (Å²) in [6.45, 7) is 6.70. The molecule has 2 aliphatic rings. The third-order valence-electron chi connectivity index (χ3n) is 6.60. The van der Waals surface area contributed by atoms with Crippen molar-refractivity contribution < 1.29 is 9.21 Å². The van der Waals surface area contributed by atoms with Crippen LogP contribution in [0.4, 0.5) is 17.2 Å². The average molecular weight is 444 g/mol. The van der Waals surface area contributed by atoms with Crippen molar-refractivity contribution >= 4 is 28.7 Å². The molecule has 1 amide bonds. The molecule has 0 saturated carbocycles. The zero-order chi connectivity index (χ0) is 22.7. The molecule has 1 aromatic carbocycles. The van der Waals surface area contributed by atoms with Crippen molar-refractivity contribution in [3.8, 4) is 11.3 Å². The Balaban J connectivity index is 1.25. The number of piperazine rings is 1.